The quantitative estimate of drug-likeness (QED) is 0.667. The molecule has 3 aromatic rings. The Morgan fingerprint density at radius 3 is 2.64 bits per heavy atom. The van der Waals surface area contributed by atoms with Crippen LogP contribution in [0.2, 0.25) is 0 Å². The van der Waals surface area contributed by atoms with Gasteiger partial charge in [0, 0.05) is 34.8 Å². The Balaban J connectivity index is 1.72. The molecule has 1 atom stereocenters. The maximum atomic E-state index is 12.5. The van der Waals surface area contributed by atoms with Gasteiger partial charge in [-0.3, -0.25) is 9.89 Å². The van der Waals surface area contributed by atoms with Crippen molar-refractivity contribution in [2.24, 2.45) is 0 Å². The summed E-state index contributed by atoms with van der Waals surface area (Å²) < 4.78 is 0. The Labute approximate surface area is 148 Å². The van der Waals surface area contributed by atoms with Crippen molar-refractivity contribution in [2.75, 3.05) is 0 Å². The van der Waals surface area contributed by atoms with E-state index in [9.17, 15) is 4.79 Å². The minimum Gasteiger partial charge on any atom is -0.358 e. The molecule has 25 heavy (non-hydrogen) atoms. The number of hydrogen-bond donors (Lipinski definition) is 3. The third kappa shape index (κ3) is 3.76. The molecule has 3 rings (SSSR count). The fraction of sp³-hybridized carbons (Fsp3) is 0.400. The normalized spacial score (nSPS) is 12.5. The summed E-state index contributed by atoms with van der Waals surface area (Å²) in [5, 5.41) is 11.4. The van der Waals surface area contributed by atoms with Crippen molar-refractivity contribution in [1.29, 1.82) is 0 Å². The van der Waals surface area contributed by atoms with Crippen molar-refractivity contribution in [2.45, 2.75) is 53.5 Å². The molecular formula is C20H26N4O. The molecule has 0 unspecified atom stereocenters. The highest BCUT2D eigenvalue weighted by molar-refractivity contribution is 5.92. The van der Waals surface area contributed by atoms with Crippen molar-refractivity contribution >= 4 is 16.8 Å². The third-order valence-corrected chi connectivity index (χ3v) is 4.59. The molecule has 2 aromatic heterocycles. The predicted octanol–water partition coefficient (Wildman–Crippen LogP) is 3.41. The van der Waals surface area contributed by atoms with Gasteiger partial charge in [0.2, 0.25) is 5.91 Å². The van der Waals surface area contributed by atoms with Crippen LogP contribution in [0.3, 0.4) is 0 Å². The third-order valence-electron chi connectivity index (χ3n) is 4.59. The van der Waals surface area contributed by atoms with Crippen LogP contribution in [-0.2, 0) is 17.6 Å². The summed E-state index contributed by atoms with van der Waals surface area (Å²) in [6.07, 6.45) is 1.11. The van der Waals surface area contributed by atoms with E-state index in [2.05, 4.69) is 46.5 Å². The molecule has 1 aromatic carbocycles. The SMILES string of the molecule is Cc1cc(C)c2[nH]c(C)c(CC(=O)N[C@H](C)Cc3cc(C)[nH]n3)c2c1. The van der Waals surface area contributed by atoms with Crippen molar-refractivity contribution in [3.05, 3.63) is 52.0 Å². The van der Waals surface area contributed by atoms with Crippen LogP contribution in [0.1, 0.15) is 40.7 Å². The van der Waals surface area contributed by atoms with Gasteiger partial charge >= 0.3 is 0 Å². The summed E-state index contributed by atoms with van der Waals surface area (Å²) in [7, 11) is 0. The fourth-order valence-electron chi connectivity index (χ4n) is 3.49. The fourth-order valence-corrected chi connectivity index (χ4v) is 3.49. The maximum Gasteiger partial charge on any atom is 0.224 e. The molecule has 0 bridgehead atoms. The second-order valence-corrected chi connectivity index (χ2v) is 7.12. The van der Waals surface area contributed by atoms with Gasteiger partial charge in [-0.2, -0.15) is 5.10 Å². The standard InChI is InChI=1S/C20H26N4O/c1-11-6-12(2)20-18(7-11)17(15(5)22-20)10-19(25)21-13(3)8-16-9-14(4)23-24-16/h6-7,9,13,22H,8,10H2,1-5H3,(H,21,25)(H,23,24)/t13-/m1/s1. The predicted molar refractivity (Wildman–Crippen MR) is 101 cm³/mol. The van der Waals surface area contributed by atoms with Gasteiger partial charge in [-0.1, -0.05) is 11.6 Å². The molecule has 0 saturated heterocycles. The van der Waals surface area contributed by atoms with Crippen molar-refractivity contribution in [3.63, 3.8) is 0 Å². The van der Waals surface area contributed by atoms with Gasteiger partial charge < -0.3 is 10.3 Å². The van der Waals surface area contributed by atoms with E-state index in [4.69, 9.17) is 0 Å². The monoisotopic (exact) mass is 338 g/mol. The highest BCUT2D eigenvalue weighted by Gasteiger charge is 2.16. The van der Waals surface area contributed by atoms with Crippen molar-refractivity contribution in [1.82, 2.24) is 20.5 Å². The molecule has 0 saturated carbocycles. The molecule has 2 heterocycles. The first kappa shape index (κ1) is 17.3. The molecule has 0 spiro atoms. The number of fused-ring (bicyclic) bond motifs is 1. The lowest BCUT2D eigenvalue weighted by atomic mass is 10.0. The zero-order valence-corrected chi connectivity index (χ0v) is 15.6. The summed E-state index contributed by atoms with van der Waals surface area (Å²) >= 11 is 0. The largest absolute Gasteiger partial charge is 0.358 e. The number of amides is 1. The van der Waals surface area contributed by atoms with E-state index in [1.54, 1.807) is 0 Å². The molecule has 0 radical (unpaired) electrons. The Hall–Kier alpha value is -2.56. The number of benzene rings is 1. The topological polar surface area (TPSA) is 73.6 Å². The van der Waals surface area contributed by atoms with Gasteiger partial charge in [0.05, 0.1) is 12.1 Å². The van der Waals surface area contributed by atoms with Crippen LogP contribution in [0.25, 0.3) is 10.9 Å². The minimum absolute atomic E-state index is 0.0444. The molecule has 1 amide bonds. The summed E-state index contributed by atoms with van der Waals surface area (Å²) in [5.74, 6) is 0.0444. The molecule has 0 aliphatic carbocycles. The molecule has 132 valence electrons. The molecule has 0 fully saturated rings. The number of aryl methyl sites for hydroxylation is 4. The number of carbonyl (C=O) groups excluding carboxylic acids is 1. The van der Waals surface area contributed by atoms with Crippen LogP contribution >= 0.6 is 0 Å². The van der Waals surface area contributed by atoms with Crippen LogP contribution in [0, 0.1) is 27.7 Å². The van der Waals surface area contributed by atoms with Gasteiger partial charge in [-0.25, -0.2) is 0 Å². The average molecular weight is 338 g/mol. The summed E-state index contributed by atoms with van der Waals surface area (Å²) in [5.41, 5.74) is 7.72. The van der Waals surface area contributed by atoms with Gasteiger partial charge in [0.25, 0.3) is 0 Å². The van der Waals surface area contributed by atoms with E-state index in [-0.39, 0.29) is 11.9 Å². The number of hydrogen-bond acceptors (Lipinski definition) is 2. The van der Waals surface area contributed by atoms with Gasteiger partial charge in [-0.15, -0.1) is 0 Å². The van der Waals surface area contributed by atoms with Crippen LogP contribution in [0.5, 0.6) is 0 Å². The van der Waals surface area contributed by atoms with Gasteiger partial charge in [0.1, 0.15) is 0 Å². The van der Waals surface area contributed by atoms with Crippen molar-refractivity contribution in [3.8, 4) is 0 Å². The van der Waals surface area contributed by atoms with Gasteiger partial charge in [0.15, 0.2) is 0 Å². The number of H-pyrrole nitrogens is 2. The number of nitrogens with zero attached hydrogens (tertiary/aromatic N) is 1. The average Bonchev–Trinajstić information content (AvgIpc) is 3.04. The second-order valence-electron chi connectivity index (χ2n) is 7.12. The number of nitrogens with one attached hydrogen (secondary N) is 3. The van der Waals surface area contributed by atoms with E-state index in [1.807, 2.05) is 26.8 Å². The maximum absolute atomic E-state index is 12.5. The van der Waals surface area contributed by atoms with Crippen LogP contribution in [0.15, 0.2) is 18.2 Å². The first-order chi connectivity index (χ1) is 11.8. The molecule has 3 N–H and O–H groups in total. The first-order valence-electron chi connectivity index (χ1n) is 8.72. The Morgan fingerprint density at radius 2 is 1.96 bits per heavy atom. The Bertz CT molecular complexity index is 919. The second kappa shape index (κ2) is 6.75. The number of rotatable bonds is 5. The molecule has 0 aliphatic rings. The zero-order valence-electron chi connectivity index (χ0n) is 15.6. The lowest BCUT2D eigenvalue weighted by molar-refractivity contribution is -0.121. The number of aromatic nitrogens is 3. The summed E-state index contributed by atoms with van der Waals surface area (Å²) in [6, 6.07) is 6.38. The van der Waals surface area contributed by atoms with Crippen LogP contribution < -0.4 is 5.32 Å². The Morgan fingerprint density at radius 1 is 1.20 bits per heavy atom. The lowest BCUT2D eigenvalue weighted by Crippen LogP contribution is -2.35. The van der Waals surface area contributed by atoms with Crippen molar-refractivity contribution < 1.29 is 4.79 Å². The molecular weight excluding hydrogens is 312 g/mol. The Kier molecular flexibility index (Phi) is 4.66. The van der Waals surface area contributed by atoms with E-state index >= 15 is 0 Å². The van der Waals surface area contributed by atoms with Gasteiger partial charge in [-0.05, 0) is 57.9 Å². The smallest absolute Gasteiger partial charge is 0.224 e. The first-order valence-corrected chi connectivity index (χ1v) is 8.72. The van der Waals surface area contributed by atoms with E-state index in [1.165, 1.54) is 11.1 Å². The highest BCUT2D eigenvalue weighted by atomic mass is 16.1. The van der Waals surface area contributed by atoms with E-state index < -0.39 is 0 Å². The van der Waals surface area contributed by atoms with E-state index in [0.29, 0.717) is 6.42 Å². The summed E-state index contributed by atoms with van der Waals surface area (Å²) in [6.45, 7) is 10.2. The molecule has 5 nitrogen and oxygen atoms in total. The molecule has 5 heteroatoms. The highest BCUT2D eigenvalue weighted by Crippen LogP contribution is 2.26. The summed E-state index contributed by atoms with van der Waals surface area (Å²) in [4.78, 5) is 16.0. The van der Waals surface area contributed by atoms with Crippen LogP contribution in [-0.4, -0.2) is 27.1 Å². The number of carbonyl (C=O) groups is 1. The minimum atomic E-state index is 0.0444. The molecule has 0 aliphatic heterocycles. The zero-order chi connectivity index (χ0) is 18.1. The van der Waals surface area contributed by atoms with E-state index in [0.717, 1.165) is 40.0 Å². The lowest BCUT2D eigenvalue weighted by Gasteiger charge is -2.13. The number of aromatic amines is 2. The van der Waals surface area contributed by atoms with Crippen LogP contribution in [0.4, 0.5) is 0 Å².